The number of carbonyl (C=O) groups excluding carboxylic acids is 1. The molecule has 29 heavy (non-hydrogen) atoms. The monoisotopic (exact) mass is 385 g/mol. The zero-order valence-electron chi connectivity index (χ0n) is 16.0. The average Bonchev–Trinajstić information content (AvgIpc) is 3.11. The maximum Gasteiger partial charge on any atom is 0.244 e. The molecule has 0 radical (unpaired) electrons. The molecule has 7 heteroatoms. The summed E-state index contributed by atoms with van der Waals surface area (Å²) in [5, 5.41) is 19.8. The summed E-state index contributed by atoms with van der Waals surface area (Å²) >= 11 is 0. The molecule has 1 aliphatic heterocycles. The number of nitrogens with zero attached hydrogens (tertiary/aromatic N) is 2. The SMILES string of the molecule is CC(=O)Nc1ccc(C2C(C#N)=C(N)Oc3n[nH]c(-c4ccc(C)cc4)c32)cc1. The highest BCUT2D eigenvalue weighted by Gasteiger charge is 2.35. The summed E-state index contributed by atoms with van der Waals surface area (Å²) in [7, 11) is 0. The van der Waals surface area contributed by atoms with Gasteiger partial charge in [-0.25, -0.2) is 0 Å². The minimum Gasteiger partial charge on any atom is -0.420 e. The third-order valence-electron chi connectivity index (χ3n) is 4.84. The van der Waals surface area contributed by atoms with Crippen LogP contribution in [0.25, 0.3) is 11.3 Å². The molecule has 0 bridgehead atoms. The Hall–Kier alpha value is -4.05. The van der Waals surface area contributed by atoms with Crippen molar-refractivity contribution in [1.29, 1.82) is 5.26 Å². The van der Waals surface area contributed by atoms with Crippen LogP contribution < -0.4 is 15.8 Å². The summed E-state index contributed by atoms with van der Waals surface area (Å²) in [4.78, 5) is 11.3. The van der Waals surface area contributed by atoms with E-state index in [9.17, 15) is 10.1 Å². The van der Waals surface area contributed by atoms with Crippen LogP contribution in [0.4, 0.5) is 5.69 Å². The number of nitrogens with one attached hydrogen (secondary N) is 2. The van der Waals surface area contributed by atoms with Crippen molar-refractivity contribution in [1.82, 2.24) is 10.2 Å². The molecule has 0 fully saturated rings. The average molecular weight is 385 g/mol. The number of nitrogens with two attached hydrogens (primary N) is 1. The Morgan fingerprint density at radius 3 is 2.52 bits per heavy atom. The Morgan fingerprint density at radius 1 is 1.21 bits per heavy atom. The summed E-state index contributed by atoms with van der Waals surface area (Å²) in [5.74, 6) is -0.194. The van der Waals surface area contributed by atoms with Crippen molar-refractivity contribution in [2.75, 3.05) is 5.32 Å². The van der Waals surface area contributed by atoms with Crippen LogP contribution in [-0.2, 0) is 4.79 Å². The van der Waals surface area contributed by atoms with E-state index < -0.39 is 5.92 Å². The minimum atomic E-state index is -0.440. The molecule has 1 aliphatic rings. The van der Waals surface area contributed by atoms with Crippen molar-refractivity contribution >= 4 is 11.6 Å². The van der Waals surface area contributed by atoms with Gasteiger partial charge in [0.25, 0.3) is 0 Å². The molecule has 0 saturated carbocycles. The third-order valence-corrected chi connectivity index (χ3v) is 4.84. The van der Waals surface area contributed by atoms with E-state index in [-0.39, 0.29) is 11.8 Å². The molecule has 0 spiro atoms. The number of aromatic nitrogens is 2. The smallest absolute Gasteiger partial charge is 0.244 e. The highest BCUT2D eigenvalue weighted by atomic mass is 16.5. The largest absolute Gasteiger partial charge is 0.420 e. The van der Waals surface area contributed by atoms with Crippen molar-refractivity contribution in [3.8, 4) is 23.2 Å². The number of amides is 1. The van der Waals surface area contributed by atoms with Crippen LogP contribution in [0.5, 0.6) is 5.88 Å². The molecule has 4 N–H and O–H groups in total. The number of anilines is 1. The van der Waals surface area contributed by atoms with Crippen LogP contribution in [0.1, 0.15) is 29.5 Å². The highest BCUT2D eigenvalue weighted by molar-refractivity contribution is 5.88. The predicted octanol–water partition coefficient (Wildman–Crippen LogP) is 3.56. The zero-order valence-corrected chi connectivity index (χ0v) is 16.0. The van der Waals surface area contributed by atoms with Crippen LogP contribution in [0, 0.1) is 18.3 Å². The maximum atomic E-state index is 11.3. The van der Waals surface area contributed by atoms with Crippen molar-refractivity contribution in [3.63, 3.8) is 0 Å². The first-order chi connectivity index (χ1) is 14.0. The molecule has 0 aliphatic carbocycles. The highest BCUT2D eigenvalue weighted by Crippen LogP contribution is 2.45. The molecule has 144 valence electrons. The number of rotatable bonds is 3. The van der Waals surface area contributed by atoms with E-state index in [1.165, 1.54) is 6.92 Å². The molecular weight excluding hydrogens is 366 g/mol. The van der Waals surface area contributed by atoms with Crippen LogP contribution >= 0.6 is 0 Å². The molecule has 1 atom stereocenters. The van der Waals surface area contributed by atoms with Gasteiger partial charge in [0.1, 0.15) is 11.6 Å². The standard InChI is InChI=1S/C22H19N5O2/c1-12-3-5-15(6-4-12)20-19-18(14-7-9-16(10-8-14)25-13(2)28)17(11-23)21(24)29-22(19)27-26-20/h3-10,18H,24H2,1-2H3,(H,25,28)(H,26,27). The van der Waals surface area contributed by atoms with Crippen molar-refractivity contribution < 1.29 is 9.53 Å². The number of fused-ring (bicyclic) bond motifs is 1. The predicted molar refractivity (Wildman–Crippen MR) is 109 cm³/mol. The van der Waals surface area contributed by atoms with Gasteiger partial charge in [-0.1, -0.05) is 42.0 Å². The lowest BCUT2D eigenvalue weighted by molar-refractivity contribution is -0.114. The summed E-state index contributed by atoms with van der Waals surface area (Å²) < 4.78 is 5.62. The topological polar surface area (TPSA) is 117 Å². The quantitative estimate of drug-likeness (QED) is 0.637. The van der Waals surface area contributed by atoms with Gasteiger partial charge in [0.2, 0.25) is 17.7 Å². The van der Waals surface area contributed by atoms with Crippen LogP contribution in [0.15, 0.2) is 60.0 Å². The Balaban J connectivity index is 1.85. The molecule has 7 nitrogen and oxygen atoms in total. The Bertz CT molecular complexity index is 1150. The van der Waals surface area contributed by atoms with E-state index in [2.05, 4.69) is 21.6 Å². The molecule has 1 aromatic heterocycles. The van der Waals surface area contributed by atoms with Gasteiger partial charge in [0.15, 0.2) is 0 Å². The summed E-state index contributed by atoms with van der Waals surface area (Å²) in [5.41, 5.74) is 11.5. The van der Waals surface area contributed by atoms with Gasteiger partial charge in [0.05, 0.1) is 17.2 Å². The third kappa shape index (κ3) is 3.32. The molecule has 1 unspecified atom stereocenters. The van der Waals surface area contributed by atoms with E-state index in [1.807, 2.05) is 43.3 Å². The number of ether oxygens (including phenoxy) is 1. The van der Waals surface area contributed by atoms with Gasteiger partial charge < -0.3 is 15.8 Å². The van der Waals surface area contributed by atoms with Crippen LogP contribution in [-0.4, -0.2) is 16.1 Å². The fraction of sp³-hybridized carbons (Fsp3) is 0.136. The van der Waals surface area contributed by atoms with Gasteiger partial charge in [0, 0.05) is 18.2 Å². The van der Waals surface area contributed by atoms with E-state index in [1.54, 1.807) is 12.1 Å². The van der Waals surface area contributed by atoms with E-state index in [4.69, 9.17) is 10.5 Å². The van der Waals surface area contributed by atoms with Gasteiger partial charge in [-0.3, -0.25) is 9.89 Å². The summed E-state index contributed by atoms with van der Waals surface area (Å²) in [6.45, 7) is 3.47. The second kappa shape index (κ2) is 7.17. The Labute approximate surface area is 167 Å². The van der Waals surface area contributed by atoms with E-state index in [0.717, 1.165) is 27.9 Å². The fourth-order valence-corrected chi connectivity index (χ4v) is 3.48. The Kier molecular flexibility index (Phi) is 4.53. The van der Waals surface area contributed by atoms with Gasteiger partial charge >= 0.3 is 0 Å². The van der Waals surface area contributed by atoms with E-state index >= 15 is 0 Å². The molecule has 3 aromatic rings. The Morgan fingerprint density at radius 2 is 1.90 bits per heavy atom. The molecular formula is C22H19N5O2. The first kappa shape index (κ1) is 18.3. The number of hydrogen-bond donors (Lipinski definition) is 3. The normalized spacial score (nSPS) is 15.3. The van der Waals surface area contributed by atoms with Gasteiger partial charge in [-0.05, 0) is 24.6 Å². The van der Waals surface area contributed by atoms with Gasteiger partial charge in [-0.15, -0.1) is 5.10 Å². The lowest BCUT2D eigenvalue weighted by Crippen LogP contribution is -2.21. The minimum absolute atomic E-state index is 0.0397. The lowest BCUT2D eigenvalue weighted by atomic mass is 9.83. The second-order valence-electron chi connectivity index (χ2n) is 6.91. The van der Waals surface area contributed by atoms with Crippen molar-refractivity contribution in [2.45, 2.75) is 19.8 Å². The molecule has 1 amide bonds. The van der Waals surface area contributed by atoms with Crippen LogP contribution in [0.2, 0.25) is 0 Å². The summed E-state index contributed by atoms with van der Waals surface area (Å²) in [6.07, 6.45) is 0. The fourth-order valence-electron chi connectivity index (χ4n) is 3.48. The van der Waals surface area contributed by atoms with Crippen LogP contribution in [0.3, 0.4) is 0 Å². The number of benzene rings is 2. The lowest BCUT2D eigenvalue weighted by Gasteiger charge is -2.24. The number of allylic oxidation sites excluding steroid dienone is 1. The molecule has 2 heterocycles. The zero-order chi connectivity index (χ0) is 20.5. The number of hydrogen-bond acceptors (Lipinski definition) is 5. The number of aryl methyl sites for hydroxylation is 1. The number of nitriles is 1. The van der Waals surface area contributed by atoms with Gasteiger partial charge in [-0.2, -0.15) is 5.26 Å². The van der Waals surface area contributed by atoms with Crippen molar-refractivity contribution in [3.05, 3.63) is 76.7 Å². The molecule has 0 saturated heterocycles. The second-order valence-corrected chi connectivity index (χ2v) is 6.91. The maximum absolute atomic E-state index is 11.3. The van der Waals surface area contributed by atoms with E-state index in [0.29, 0.717) is 17.1 Å². The van der Waals surface area contributed by atoms with Crippen molar-refractivity contribution in [2.24, 2.45) is 5.73 Å². The first-order valence-electron chi connectivity index (χ1n) is 9.08. The first-order valence-corrected chi connectivity index (χ1v) is 9.08. The molecule has 2 aromatic carbocycles. The molecule has 4 rings (SSSR count). The number of carbonyl (C=O) groups is 1. The number of aromatic amines is 1. The number of H-pyrrole nitrogens is 1. The summed E-state index contributed by atoms with van der Waals surface area (Å²) in [6, 6.07) is 17.5.